The fraction of sp³-hybridized carbons (Fsp3) is 0.263. The standard InChI is InChI=1S/C38H38FN5O6/c1-22(2)25-11-13-26(14-12-25)28-15-17-32(40-21-28)42-37(48)41-31(36(46)47)19-24-8-16-29(30(39)18-24)34-43-35(50-44-34)27-9-6-23(7-10-27)20-33(45)49-38(3,4)5/h6-18,21-22,31H,19-20H2,1-5H3,(H,46,47)(H2,40,41,42,48). The van der Waals surface area contributed by atoms with E-state index < -0.39 is 29.5 Å². The first-order valence-electron chi connectivity index (χ1n) is 16.0. The second-order valence-electron chi connectivity index (χ2n) is 13.1. The highest BCUT2D eigenvalue weighted by molar-refractivity contribution is 5.91. The van der Waals surface area contributed by atoms with E-state index >= 15 is 4.39 Å². The Labute approximate surface area is 288 Å². The lowest BCUT2D eigenvalue weighted by molar-refractivity contribution is -0.154. The maximum absolute atomic E-state index is 15.2. The summed E-state index contributed by atoms with van der Waals surface area (Å²) in [5.74, 6) is -1.53. The van der Waals surface area contributed by atoms with Crippen LogP contribution in [0.2, 0.25) is 0 Å². The summed E-state index contributed by atoms with van der Waals surface area (Å²) in [6, 6.07) is 20.5. The summed E-state index contributed by atoms with van der Waals surface area (Å²) in [5.41, 5.74) is 4.18. The SMILES string of the molecule is CC(C)c1ccc(-c2ccc(NC(=O)NC(Cc3ccc(-c4noc(-c5ccc(CC(=O)OC(C)(C)C)cc5)n4)c(F)c3)C(=O)O)nc2)cc1. The van der Waals surface area contributed by atoms with Crippen LogP contribution in [0.25, 0.3) is 34.0 Å². The molecular weight excluding hydrogens is 641 g/mol. The third kappa shape index (κ3) is 9.37. The van der Waals surface area contributed by atoms with Crippen LogP contribution in [0.5, 0.6) is 0 Å². The molecule has 1 unspecified atom stereocenters. The van der Waals surface area contributed by atoms with Crippen molar-refractivity contribution in [3.05, 3.63) is 108 Å². The van der Waals surface area contributed by atoms with E-state index in [2.05, 4.69) is 51.7 Å². The van der Waals surface area contributed by atoms with Crippen molar-refractivity contribution in [3.8, 4) is 34.0 Å². The van der Waals surface area contributed by atoms with Gasteiger partial charge in [0, 0.05) is 23.7 Å². The van der Waals surface area contributed by atoms with Crippen molar-refractivity contribution in [1.82, 2.24) is 20.4 Å². The number of nitrogens with one attached hydrogen (secondary N) is 2. The molecule has 0 aliphatic carbocycles. The summed E-state index contributed by atoms with van der Waals surface area (Å²) < 4.78 is 25.9. The van der Waals surface area contributed by atoms with Crippen LogP contribution < -0.4 is 10.6 Å². The summed E-state index contributed by atoms with van der Waals surface area (Å²) in [6.07, 6.45) is 1.54. The minimum Gasteiger partial charge on any atom is -0.480 e. The number of anilines is 1. The van der Waals surface area contributed by atoms with Crippen molar-refractivity contribution in [2.45, 2.75) is 65.0 Å². The van der Waals surface area contributed by atoms with E-state index in [4.69, 9.17) is 9.26 Å². The molecule has 0 bridgehead atoms. The van der Waals surface area contributed by atoms with Crippen LogP contribution in [-0.2, 0) is 27.2 Å². The number of nitrogens with zero attached hydrogens (tertiary/aromatic N) is 3. The third-order valence-corrected chi connectivity index (χ3v) is 7.63. The van der Waals surface area contributed by atoms with Crippen LogP contribution in [-0.4, -0.2) is 49.8 Å². The van der Waals surface area contributed by atoms with Crippen LogP contribution in [0.4, 0.5) is 15.0 Å². The average molecular weight is 680 g/mol. The number of carbonyl (C=O) groups excluding carboxylic acids is 2. The number of pyridine rings is 1. The van der Waals surface area contributed by atoms with Crippen LogP contribution in [0.1, 0.15) is 57.2 Å². The molecule has 50 heavy (non-hydrogen) atoms. The first-order valence-corrected chi connectivity index (χ1v) is 16.0. The van der Waals surface area contributed by atoms with E-state index in [-0.39, 0.29) is 41.9 Å². The van der Waals surface area contributed by atoms with E-state index in [1.807, 2.05) is 18.2 Å². The van der Waals surface area contributed by atoms with E-state index in [1.54, 1.807) is 57.3 Å². The maximum atomic E-state index is 15.2. The molecule has 3 N–H and O–H groups in total. The largest absolute Gasteiger partial charge is 0.480 e. The van der Waals surface area contributed by atoms with Crippen molar-refractivity contribution in [2.75, 3.05) is 5.32 Å². The van der Waals surface area contributed by atoms with Gasteiger partial charge in [0.15, 0.2) is 0 Å². The van der Waals surface area contributed by atoms with Gasteiger partial charge in [-0.2, -0.15) is 4.98 Å². The van der Waals surface area contributed by atoms with Crippen molar-refractivity contribution in [3.63, 3.8) is 0 Å². The summed E-state index contributed by atoms with van der Waals surface area (Å²) in [7, 11) is 0. The number of hydrogen-bond acceptors (Lipinski definition) is 8. The number of aliphatic carboxylic acids is 1. The van der Waals surface area contributed by atoms with Crippen molar-refractivity contribution >= 4 is 23.8 Å². The Hall–Kier alpha value is -5.91. The lowest BCUT2D eigenvalue weighted by atomic mass is 9.99. The van der Waals surface area contributed by atoms with Crippen LogP contribution in [0.15, 0.2) is 89.6 Å². The van der Waals surface area contributed by atoms with Gasteiger partial charge < -0.3 is 19.7 Å². The second-order valence-corrected chi connectivity index (χ2v) is 13.1. The van der Waals surface area contributed by atoms with E-state index in [1.165, 1.54) is 23.8 Å². The number of urea groups is 1. The number of rotatable bonds is 11. The molecule has 1 atom stereocenters. The van der Waals surface area contributed by atoms with Gasteiger partial charge in [0.2, 0.25) is 5.82 Å². The van der Waals surface area contributed by atoms with Crippen molar-refractivity contribution in [1.29, 1.82) is 0 Å². The molecule has 258 valence electrons. The van der Waals surface area contributed by atoms with E-state index in [0.29, 0.717) is 17.0 Å². The van der Waals surface area contributed by atoms with Gasteiger partial charge in [-0.1, -0.05) is 61.5 Å². The molecule has 5 rings (SSSR count). The Bertz CT molecular complexity index is 1970. The molecule has 12 heteroatoms. The highest BCUT2D eigenvalue weighted by Crippen LogP contribution is 2.26. The predicted molar refractivity (Wildman–Crippen MR) is 186 cm³/mol. The Balaban J connectivity index is 1.18. The molecule has 0 saturated heterocycles. The van der Waals surface area contributed by atoms with Gasteiger partial charge in [-0.05, 0) is 85.3 Å². The first-order chi connectivity index (χ1) is 23.7. The van der Waals surface area contributed by atoms with Gasteiger partial charge >= 0.3 is 18.0 Å². The Morgan fingerprint density at radius 3 is 2.16 bits per heavy atom. The Morgan fingerprint density at radius 1 is 0.900 bits per heavy atom. The predicted octanol–water partition coefficient (Wildman–Crippen LogP) is 7.43. The molecular formula is C38H38FN5O6. The monoisotopic (exact) mass is 679 g/mol. The quantitative estimate of drug-likeness (QED) is 0.121. The van der Waals surface area contributed by atoms with Crippen LogP contribution >= 0.6 is 0 Å². The molecule has 5 aromatic rings. The molecule has 0 fully saturated rings. The number of carbonyl (C=O) groups is 3. The van der Waals surface area contributed by atoms with Gasteiger partial charge in [0.05, 0.1) is 12.0 Å². The molecule has 2 aromatic heterocycles. The lowest BCUT2D eigenvalue weighted by Crippen LogP contribution is -2.44. The summed E-state index contributed by atoms with van der Waals surface area (Å²) in [5, 5.41) is 18.6. The topological polar surface area (TPSA) is 157 Å². The molecule has 0 saturated carbocycles. The number of carboxylic acids is 1. The van der Waals surface area contributed by atoms with Gasteiger partial charge in [0.1, 0.15) is 23.3 Å². The van der Waals surface area contributed by atoms with E-state index in [0.717, 1.165) is 16.7 Å². The number of esters is 1. The minimum absolute atomic E-state index is 0.000241. The summed E-state index contributed by atoms with van der Waals surface area (Å²) >= 11 is 0. The molecule has 2 heterocycles. The Kier molecular flexibility index (Phi) is 10.7. The van der Waals surface area contributed by atoms with Crippen LogP contribution in [0, 0.1) is 5.82 Å². The Morgan fingerprint density at radius 2 is 1.56 bits per heavy atom. The zero-order valence-electron chi connectivity index (χ0n) is 28.4. The fourth-order valence-corrected chi connectivity index (χ4v) is 5.07. The normalized spacial score (nSPS) is 12.0. The third-order valence-electron chi connectivity index (χ3n) is 7.63. The van der Waals surface area contributed by atoms with Crippen molar-refractivity contribution < 1.29 is 33.1 Å². The second kappa shape index (κ2) is 15.1. The zero-order valence-corrected chi connectivity index (χ0v) is 28.4. The highest BCUT2D eigenvalue weighted by atomic mass is 19.1. The van der Waals surface area contributed by atoms with Gasteiger partial charge in [-0.15, -0.1) is 0 Å². The number of hydrogen-bond donors (Lipinski definition) is 3. The lowest BCUT2D eigenvalue weighted by Gasteiger charge is -2.19. The van der Waals surface area contributed by atoms with E-state index in [9.17, 15) is 19.5 Å². The number of benzene rings is 3. The molecule has 2 amide bonds. The van der Waals surface area contributed by atoms with Crippen molar-refractivity contribution in [2.24, 2.45) is 0 Å². The molecule has 0 radical (unpaired) electrons. The molecule has 3 aromatic carbocycles. The van der Waals surface area contributed by atoms with Crippen LogP contribution in [0.3, 0.4) is 0 Å². The summed E-state index contributed by atoms with van der Waals surface area (Å²) in [6.45, 7) is 9.65. The molecule has 0 aliphatic heterocycles. The van der Waals surface area contributed by atoms with Gasteiger partial charge in [-0.25, -0.2) is 19.0 Å². The maximum Gasteiger partial charge on any atom is 0.326 e. The number of ether oxygens (including phenoxy) is 1. The number of amides is 2. The first kappa shape index (κ1) is 35.4. The minimum atomic E-state index is -1.35. The molecule has 0 aliphatic rings. The van der Waals surface area contributed by atoms with Gasteiger partial charge in [-0.3, -0.25) is 10.1 Å². The number of aromatic nitrogens is 3. The van der Waals surface area contributed by atoms with Gasteiger partial charge in [0.25, 0.3) is 5.89 Å². The average Bonchev–Trinajstić information content (AvgIpc) is 3.54. The number of carboxylic acid groups (broad SMARTS) is 1. The smallest absolute Gasteiger partial charge is 0.326 e. The molecule has 0 spiro atoms. The zero-order chi connectivity index (χ0) is 36.0. The summed E-state index contributed by atoms with van der Waals surface area (Å²) in [4.78, 5) is 45.4. The highest BCUT2D eigenvalue weighted by Gasteiger charge is 2.23. The fourth-order valence-electron chi connectivity index (χ4n) is 5.07. The molecule has 11 nitrogen and oxygen atoms in total. The number of halogens is 1.